The lowest BCUT2D eigenvalue weighted by molar-refractivity contribution is 0.205. The van der Waals surface area contributed by atoms with Gasteiger partial charge < -0.3 is 0 Å². The maximum Gasteiger partial charge on any atom is 0.162 e. The van der Waals surface area contributed by atoms with Crippen molar-refractivity contribution in [1.82, 2.24) is 0 Å². The van der Waals surface area contributed by atoms with Gasteiger partial charge in [0.25, 0.3) is 0 Å². The van der Waals surface area contributed by atoms with Crippen LogP contribution in [0.5, 0.6) is 0 Å². The Kier molecular flexibility index (Phi) is 7.05. The van der Waals surface area contributed by atoms with Gasteiger partial charge in [0, 0.05) is 0 Å². The first-order valence-corrected chi connectivity index (χ1v) is 9.52. The van der Waals surface area contributed by atoms with Gasteiger partial charge in [-0.15, -0.1) is 0 Å². The summed E-state index contributed by atoms with van der Waals surface area (Å²) in [6, 6.07) is 3.59. The molecule has 0 heterocycles. The molecule has 1 aliphatic carbocycles. The third kappa shape index (κ3) is 4.78. The van der Waals surface area contributed by atoms with E-state index < -0.39 is 11.6 Å². The van der Waals surface area contributed by atoms with Crippen molar-refractivity contribution in [3.05, 3.63) is 34.9 Å². The van der Waals surface area contributed by atoms with Crippen LogP contribution in [0.4, 0.5) is 8.78 Å². The molecule has 0 radical (unpaired) electrons. The normalized spacial score (nSPS) is 23.0. The van der Waals surface area contributed by atoms with E-state index in [1.807, 2.05) is 13.0 Å². The lowest BCUT2D eigenvalue weighted by atomic mass is 9.73. The molecule has 0 aromatic heterocycles. The predicted octanol–water partition coefficient (Wildman–Crippen LogP) is 6.70. The Hall–Kier alpha value is -0.920. The van der Waals surface area contributed by atoms with Gasteiger partial charge in [-0.25, -0.2) is 8.78 Å². The van der Waals surface area contributed by atoms with Crippen LogP contribution in [-0.4, -0.2) is 0 Å². The molecular formula is C21H32F2. The van der Waals surface area contributed by atoms with Crippen LogP contribution >= 0.6 is 0 Å². The van der Waals surface area contributed by atoms with Gasteiger partial charge in [-0.05, 0) is 54.6 Å². The predicted molar refractivity (Wildman–Crippen MR) is 93.6 cm³/mol. The topological polar surface area (TPSA) is 0 Å². The second-order valence-electron chi connectivity index (χ2n) is 7.51. The standard InChI is InChI=1S/C21H32F2/c1-4-6-16-8-10-17(11-9-16)15(3)14-19-13-12-18(7-5-2)20(22)21(19)23/h12-13,15-17H,4-11,14H2,1-3H3. The van der Waals surface area contributed by atoms with Crippen LogP contribution < -0.4 is 0 Å². The van der Waals surface area contributed by atoms with Gasteiger partial charge in [-0.1, -0.05) is 65.0 Å². The Morgan fingerprint density at radius 1 is 0.957 bits per heavy atom. The highest BCUT2D eigenvalue weighted by Gasteiger charge is 2.26. The van der Waals surface area contributed by atoms with Gasteiger partial charge in [-0.2, -0.15) is 0 Å². The van der Waals surface area contributed by atoms with E-state index in [-0.39, 0.29) is 0 Å². The van der Waals surface area contributed by atoms with Crippen molar-refractivity contribution in [2.24, 2.45) is 17.8 Å². The molecule has 1 aromatic rings. The lowest BCUT2D eigenvalue weighted by Gasteiger charge is -2.32. The molecule has 2 heteroatoms. The van der Waals surface area contributed by atoms with E-state index in [9.17, 15) is 8.78 Å². The molecule has 0 bridgehead atoms. The zero-order chi connectivity index (χ0) is 16.8. The van der Waals surface area contributed by atoms with Crippen molar-refractivity contribution in [2.75, 3.05) is 0 Å². The molecule has 1 aliphatic rings. The molecule has 1 aromatic carbocycles. The molecule has 1 fully saturated rings. The quantitative estimate of drug-likeness (QED) is 0.524. The fourth-order valence-electron chi connectivity index (χ4n) is 4.22. The Morgan fingerprint density at radius 3 is 2.17 bits per heavy atom. The van der Waals surface area contributed by atoms with E-state index in [0.29, 0.717) is 35.8 Å². The zero-order valence-electron chi connectivity index (χ0n) is 15.0. The second-order valence-corrected chi connectivity index (χ2v) is 7.51. The maximum atomic E-state index is 14.3. The molecule has 0 N–H and O–H groups in total. The SMILES string of the molecule is CCCc1ccc(CC(C)C2CCC(CCC)CC2)c(F)c1F. The highest BCUT2D eigenvalue weighted by molar-refractivity contribution is 5.27. The largest absolute Gasteiger partial charge is 0.203 e. The highest BCUT2D eigenvalue weighted by Crippen LogP contribution is 2.37. The lowest BCUT2D eigenvalue weighted by Crippen LogP contribution is -2.22. The minimum absolute atomic E-state index is 0.434. The number of halogens is 2. The summed E-state index contributed by atoms with van der Waals surface area (Å²) < 4.78 is 28.4. The Morgan fingerprint density at radius 2 is 1.57 bits per heavy atom. The summed E-state index contributed by atoms with van der Waals surface area (Å²) in [6.45, 7) is 6.46. The van der Waals surface area contributed by atoms with Gasteiger partial charge in [0.2, 0.25) is 0 Å². The molecule has 0 nitrogen and oxygen atoms in total. The molecular weight excluding hydrogens is 290 g/mol. The number of rotatable bonds is 7. The van der Waals surface area contributed by atoms with Crippen molar-refractivity contribution < 1.29 is 8.78 Å². The number of benzene rings is 1. The summed E-state index contributed by atoms with van der Waals surface area (Å²) in [6.07, 6.45) is 9.88. The van der Waals surface area contributed by atoms with E-state index in [4.69, 9.17) is 0 Å². The summed E-state index contributed by atoms with van der Waals surface area (Å²) in [5, 5.41) is 0. The summed E-state index contributed by atoms with van der Waals surface area (Å²) >= 11 is 0. The third-order valence-electron chi connectivity index (χ3n) is 5.70. The third-order valence-corrected chi connectivity index (χ3v) is 5.70. The van der Waals surface area contributed by atoms with Gasteiger partial charge in [0.05, 0.1) is 0 Å². The van der Waals surface area contributed by atoms with E-state index in [1.54, 1.807) is 6.07 Å². The minimum Gasteiger partial charge on any atom is -0.203 e. The molecule has 0 amide bonds. The van der Waals surface area contributed by atoms with Crippen LogP contribution in [-0.2, 0) is 12.8 Å². The Balaban J connectivity index is 1.95. The van der Waals surface area contributed by atoms with E-state index in [1.165, 1.54) is 38.5 Å². The summed E-state index contributed by atoms with van der Waals surface area (Å²) in [4.78, 5) is 0. The number of aryl methyl sites for hydroxylation is 1. The van der Waals surface area contributed by atoms with Crippen LogP contribution in [0, 0.1) is 29.4 Å². The van der Waals surface area contributed by atoms with Crippen LogP contribution in [0.15, 0.2) is 12.1 Å². The van der Waals surface area contributed by atoms with Crippen molar-refractivity contribution in [1.29, 1.82) is 0 Å². The Bertz CT molecular complexity index is 487. The van der Waals surface area contributed by atoms with Crippen LogP contribution in [0.3, 0.4) is 0 Å². The van der Waals surface area contributed by atoms with Gasteiger partial charge in [-0.3, -0.25) is 0 Å². The smallest absolute Gasteiger partial charge is 0.162 e. The monoisotopic (exact) mass is 322 g/mol. The van der Waals surface area contributed by atoms with E-state index in [0.717, 1.165) is 12.3 Å². The first kappa shape index (κ1) is 18.4. The molecule has 0 aliphatic heterocycles. The van der Waals surface area contributed by atoms with Gasteiger partial charge in [0.1, 0.15) is 0 Å². The van der Waals surface area contributed by atoms with Crippen molar-refractivity contribution in [3.8, 4) is 0 Å². The Labute approximate surface area is 140 Å². The first-order chi connectivity index (χ1) is 11.1. The molecule has 23 heavy (non-hydrogen) atoms. The molecule has 1 saturated carbocycles. The average molecular weight is 322 g/mol. The molecule has 1 atom stereocenters. The van der Waals surface area contributed by atoms with Gasteiger partial charge >= 0.3 is 0 Å². The average Bonchev–Trinajstić information content (AvgIpc) is 2.55. The zero-order valence-corrected chi connectivity index (χ0v) is 15.0. The summed E-state index contributed by atoms with van der Waals surface area (Å²) in [7, 11) is 0. The van der Waals surface area contributed by atoms with Crippen LogP contribution in [0.2, 0.25) is 0 Å². The number of hydrogen-bond acceptors (Lipinski definition) is 0. The van der Waals surface area contributed by atoms with Crippen LogP contribution in [0.25, 0.3) is 0 Å². The van der Waals surface area contributed by atoms with Crippen molar-refractivity contribution in [3.63, 3.8) is 0 Å². The van der Waals surface area contributed by atoms with E-state index >= 15 is 0 Å². The van der Waals surface area contributed by atoms with Gasteiger partial charge in [0.15, 0.2) is 11.6 Å². The fourth-order valence-corrected chi connectivity index (χ4v) is 4.22. The molecule has 130 valence electrons. The molecule has 0 saturated heterocycles. The maximum absolute atomic E-state index is 14.3. The number of hydrogen-bond donors (Lipinski definition) is 0. The summed E-state index contributed by atoms with van der Waals surface area (Å²) in [5.74, 6) is 0.765. The van der Waals surface area contributed by atoms with Crippen molar-refractivity contribution >= 4 is 0 Å². The fraction of sp³-hybridized carbons (Fsp3) is 0.714. The molecule has 1 unspecified atom stereocenters. The van der Waals surface area contributed by atoms with Crippen LogP contribution in [0.1, 0.15) is 76.8 Å². The second kappa shape index (κ2) is 8.80. The van der Waals surface area contributed by atoms with E-state index in [2.05, 4.69) is 13.8 Å². The van der Waals surface area contributed by atoms with Crippen molar-refractivity contribution in [2.45, 2.75) is 78.6 Å². The highest BCUT2D eigenvalue weighted by atomic mass is 19.2. The molecule has 2 rings (SSSR count). The summed E-state index contributed by atoms with van der Waals surface area (Å²) in [5.41, 5.74) is 1.08. The molecule has 0 spiro atoms. The first-order valence-electron chi connectivity index (χ1n) is 9.52. The minimum atomic E-state index is -0.622.